The summed E-state index contributed by atoms with van der Waals surface area (Å²) in [6.07, 6.45) is -0.664. The lowest BCUT2D eigenvalue weighted by molar-refractivity contribution is 0.0819. The van der Waals surface area contributed by atoms with Crippen molar-refractivity contribution in [2.24, 2.45) is 0 Å². The van der Waals surface area contributed by atoms with Gasteiger partial charge in [0.25, 0.3) is 0 Å². The van der Waals surface area contributed by atoms with Crippen molar-refractivity contribution >= 4 is 11.5 Å². The lowest BCUT2D eigenvalue weighted by Gasteiger charge is -2.16. The third-order valence-corrected chi connectivity index (χ3v) is 3.26. The van der Waals surface area contributed by atoms with Crippen LogP contribution in [0.15, 0.2) is 42.5 Å². The molecule has 5 heteroatoms. The summed E-state index contributed by atoms with van der Waals surface area (Å²) in [5.74, 6) is 1.40. The molecular weight excluding hydrogens is 282 g/mol. The van der Waals surface area contributed by atoms with Gasteiger partial charge in [0.2, 0.25) is 5.78 Å². The Kier molecular flexibility index (Phi) is 4.88. The average Bonchev–Trinajstić information content (AvgIpc) is 2.55. The number of rotatable bonds is 6. The highest BCUT2D eigenvalue weighted by Crippen LogP contribution is 2.29. The van der Waals surface area contributed by atoms with Gasteiger partial charge < -0.3 is 19.9 Å². The van der Waals surface area contributed by atoms with Crippen LogP contribution in [0.25, 0.3) is 0 Å². The van der Waals surface area contributed by atoms with Crippen LogP contribution in [0.3, 0.4) is 0 Å². The third kappa shape index (κ3) is 3.31. The molecule has 2 rings (SSSR count). The zero-order valence-electron chi connectivity index (χ0n) is 12.8. The number of hydrogen-bond donors (Lipinski definition) is 1. The summed E-state index contributed by atoms with van der Waals surface area (Å²) in [6.45, 7) is 1.69. The molecule has 2 aromatic carbocycles. The molecule has 1 atom stereocenters. The number of ether oxygens (including phenoxy) is 3. The topological polar surface area (TPSA) is 70.8 Å². The molecule has 0 saturated carbocycles. The van der Waals surface area contributed by atoms with E-state index in [4.69, 9.17) is 19.9 Å². The van der Waals surface area contributed by atoms with Crippen molar-refractivity contribution in [2.75, 3.05) is 20.0 Å². The van der Waals surface area contributed by atoms with E-state index in [2.05, 4.69) is 0 Å². The average molecular weight is 301 g/mol. The van der Waals surface area contributed by atoms with E-state index in [9.17, 15) is 4.79 Å². The lowest BCUT2D eigenvalue weighted by Crippen LogP contribution is -2.24. The van der Waals surface area contributed by atoms with Crippen molar-refractivity contribution in [2.45, 2.75) is 13.0 Å². The van der Waals surface area contributed by atoms with Crippen LogP contribution in [-0.2, 0) is 0 Å². The van der Waals surface area contributed by atoms with Crippen molar-refractivity contribution in [1.29, 1.82) is 0 Å². The highest BCUT2D eigenvalue weighted by molar-refractivity contribution is 6.00. The van der Waals surface area contributed by atoms with Gasteiger partial charge in [-0.15, -0.1) is 0 Å². The van der Waals surface area contributed by atoms with Crippen LogP contribution in [0.4, 0.5) is 5.69 Å². The Bertz CT molecular complexity index is 669. The minimum absolute atomic E-state index is 0.163. The number of carbonyl (C=O) groups is 1. The molecule has 0 radical (unpaired) electrons. The number of ketones is 1. The van der Waals surface area contributed by atoms with Gasteiger partial charge in [-0.05, 0) is 37.3 Å². The molecular formula is C17H19NO4. The predicted molar refractivity (Wildman–Crippen MR) is 84.8 cm³/mol. The van der Waals surface area contributed by atoms with Gasteiger partial charge in [0, 0.05) is 5.56 Å². The number of benzene rings is 2. The minimum Gasteiger partial charge on any atom is -0.493 e. The molecule has 0 aliphatic heterocycles. The number of Topliss-reactive ketones (excluding diaryl/α,β-unsaturated/α-hetero) is 1. The highest BCUT2D eigenvalue weighted by atomic mass is 16.5. The van der Waals surface area contributed by atoms with Crippen LogP contribution >= 0.6 is 0 Å². The van der Waals surface area contributed by atoms with Crippen molar-refractivity contribution in [3.05, 3.63) is 48.0 Å². The van der Waals surface area contributed by atoms with Gasteiger partial charge in [0.05, 0.1) is 19.9 Å². The Morgan fingerprint density at radius 2 is 1.68 bits per heavy atom. The van der Waals surface area contributed by atoms with E-state index in [-0.39, 0.29) is 5.78 Å². The minimum atomic E-state index is -0.664. The molecule has 0 fully saturated rings. The molecule has 0 spiro atoms. The van der Waals surface area contributed by atoms with E-state index in [1.54, 1.807) is 50.4 Å². The molecule has 22 heavy (non-hydrogen) atoms. The molecule has 0 heterocycles. The van der Waals surface area contributed by atoms with Gasteiger partial charge in [-0.3, -0.25) is 4.79 Å². The summed E-state index contributed by atoms with van der Waals surface area (Å²) in [5, 5.41) is 0. The first-order valence-electron chi connectivity index (χ1n) is 6.84. The quantitative estimate of drug-likeness (QED) is 0.656. The fraction of sp³-hybridized carbons (Fsp3) is 0.235. The van der Waals surface area contributed by atoms with Crippen LogP contribution in [-0.4, -0.2) is 26.1 Å². The summed E-state index contributed by atoms with van der Waals surface area (Å²) in [4.78, 5) is 12.5. The van der Waals surface area contributed by atoms with Crippen LogP contribution in [0.2, 0.25) is 0 Å². The van der Waals surface area contributed by atoms with E-state index in [1.807, 2.05) is 6.07 Å². The van der Waals surface area contributed by atoms with Crippen LogP contribution in [0.1, 0.15) is 17.3 Å². The Hall–Kier alpha value is -2.69. The fourth-order valence-electron chi connectivity index (χ4n) is 2.06. The normalized spacial score (nSPS) is 11.6. The first-order chi connectivity index (χ1) is 10.6. The maximum Gasteiger partial charge on any atom is 0.203 e. The Labute approximate surface area is 129 Å². The summed E-state index contributed by atoms with van der Waals surface area (Å²) < 4.78 is 16.0. The Morgan fingerprint density at radius 1 is 1.00 bits per heavy atom. The van der Waals surface area contributed by atoms with Crippen molar-refractivity contribution in [3.8, 4) is 17.2 Å². The molecule has 0 bridgehead atoms. The standard InChI is InChI=1S/C17H19NO4/c1-11(22-14-7-5-4-6-13(14)18)17(19)12-8-9-15(20-2)16(10-12)21-3/h4-11H,18H2,1-3H3. The van der Waals surface area contributed by atoms with E-state index < -0.39 is 6.10 Å². The molecule has 2 aromatic rings. The molecule has 0 aliphatic carbocycles. The first kappa shape index (κ1) is 15.7. The summed E-state index contributed by atoms with van der Waals surface area (Å²) in [7, 11) is 3.07. The zero-order valence-corrected chi connectivity index (χ0v) is 12.8. The summed E-state index contributed by atoms with van der Waals surface area (Å²) in [5.41, 5.74) is 6.80. The molecule has 1 unspecified atom stereocenters. The maximum atomic E-state index is 12.5. The molecule has 0 saturated heterocycles. The second kappa shape index (κ2) is 6.85. The molecule has 0 aliphatic rings. The van der Waals surface area contributed by atoms with Gasteiger partial charge >= 0.3 is 0 Å². The van der Waals surface area contributed by atoms with E-state index in [0.717, 1.165) is 0 Å². The smallest absolute Gasteiger partial charge is 0.203 e. The van der Waals surface area contributed by atoms with Gasteiger partial charge in [0.1, 0.15) is 5.75 Å². The van der Waals surface area contributed by atoms with Crippen LogP contribution < -0.4 is 19.9 Å². The maximum absolute atomic E-state index is 12.5. The fourth-order valence-corrected chi connectivity index (χ4v) is 2.06. The number of nitrogens with two attached hydrogens (primary N) is 1. The molecule has 5 nitrogen and oxygen atoms in total. The largest absolute Gasteiger partial charge is 0.493 e. The van der Waals surface area contributed by atoms with Gasteiger partial charge in [-0.25, -0.2) is 0 Å². The third-order valence-electron chi connectivity index (χ3n) is 3.26. The number of para-hydroxylation sites is 2. The molecule has 0 aromatic heterocycles. The van der Waals surface area contributed by atoms with E-state index in [1.165, 1.54) is 7.11 Å². The number of carbonyl (C=O) groups excluding carboxylic acids is 1. The molecule has 2 N–H and O–H groups in total. The predicted octanol–water partition coefficient (Wildman–Crippen LogP) is 2.94. The van der Waals surface area contributed by atoms with Crippen LogP contribution in [0.5, 0.6) is 17.2 Å². The van der Waals surface area contributed by atoms with Crippen LogP contribution in [0, 0.1) is 0 Å². The Morgan fingerprint density at radius 3 is 2.32 bits per heavy atom. The number of nitrogen functional groups attached to an aromatic ring is 1. The summed E-state index contributed by atoms with van der Waals surface area (Å²) >= 11 is 0. The van der Waals surface area contributed by atoms with E-state index in [0.29, 0.717) is 28.5 Å². The van der Waals surface area contributed by atoms with Gasteiger partial charge in [-0.2, -0.15) is 0 Å². The van der Waals surface area contributed by atoms with E-state index >= 15 is 0 Å². The summed E-state index contributed by atoms with van der Waals surface area (Å²) in [6, 6.07) is 12.1. The number of methoxy groups -OCH3 is 2. The Balaban J connectivity index is 2.19. The SMILES string of the molecule is COc1ccc(C(=O)C(C)Oc2ccccc2N)cc1OC. The zero-order chi connectivity index (χ0) is 16.1. The molecule has 116 valence electrons. The van der Waals surface area contributed by atoms with Gasteiger partial charge in [0.15, 0.2) is 17.6 Å². The number of anilines is 1. The van der Waals surface area contributed by atoms with Crippen molar-refractivity contribution < 1.29 is 19.0 Å². The second-order valence-electron chi connectivity index (χ2n) is 4.73. The van der Waals surface area contributed by atoms with Crippen molar-refractivity contribution in [1.82, 2.24) is 0 Å². The lowest BCUT2D eigenvalue weighted by atomic mass is 10.1. The molecule has 0 amide bonds. The van der Waals surface area contributed by atoms with Crippen molar-refractivity contribution in [3.63, 3.8) is 0 Å². The highest BCUT2D eigenvalue weighted by Gasteiger charge is 2.19. The first-order valence-corrected chi connectivity index (χ1v) is 6.84. The number of hydrogen-bond acceptors (Lipinski definition) is 5. The monoisotopic (exact) mass is 301 g/mol. The second-order valence-corrected chi connectivity index (χ2v) is 4.73. The van der Waals surface area contributed by atoms with Gasteiger partial charge in [-0.1, -0.05) is 12.1 Å².